The van der Waals surface area contributed by atoms with E-state index in [2.05, 4.69) is 30.3 Å². The molecule has 0 atom stereocenters. The van der Waals surface area contributed by atoms with Gasteiger partial charge in [0.2, 0.25) is 0 Å². The molecule has 0 heterocycles. The molecule has 0 aliphatic rings. The zero-order valence-corrected chi connectivity index (χ0v) is 9.43. The molecule has 0 radical (unpaired) electrons. The lowest BCUT2D eigenvalue weighted by molar-refractivity contribution is 1.64. The van der Waals surface area contributed by atoms with E-state index in [1.54, 1.807) is 0 Å². The first kappa shape index (κ1) is 9.91. The summed E-state index contributed by atoms with van der Waals surface area (Å²) in [6.45, 7) is 0. The summed E-state index contributed by atoms with van der Waals surface area (Å²) in [5, 5.41) is 2.43. The van der Waals surface area contributed by atoms with E-state index in [1.807, 2.05) is 36.4 Å². The Hall–Kier alpha value is -2.28. The predicted molar refractivity (Wildman–Crippen MR) is 73.8 cm³/mol. The molecule has 0 amide bonds. The van der Waals surface area contributed by atoms with Crippen LogP contribution in [0.5, 0.6) is 0 Å². The van der Waals surface area contributed by atoms with Crippen LogP contribution in [-0.4, -0.2) is 0 Å². The molecule has 0 bridgehead atoms. The van der Waals surface area contributed by atoms with Crippen molar-refractivity contribution in [3.63, 3.8) is 0 Å². The van der Waals surface area contributed by atoms with Gasteiger partial charge < -0.3 is 5.73 Å². The third kappa shape index (κ3) is 1.76. The van der Waals surface area contributed by atoms with Crippen molar-refractivity contribution in [1.82, 2.24) is 0 Å². The third-order valence-electron chi connectivity index (χ3n) is 2.97. The Morgan fingerprint density at radius 3 is 2.24 bits per heavy atom. The van der Waals surface area contributed by atoms with Gasteiger partial charge in [-0.2, -0.15) is 0 Å². The molecule has 82 valence electrons. The van der Waals surface area contributed by atoms with Gasteiger partial charge >= 0.3 is 0 Å². The van der Waals surface area contributed by atoms with Crippen molar-refractivity contribution in [2.75, 3.05) is 5.73 Å². The van der Waals surface area contributed by atoms with Crippen LogP contribution in [0.4, 0.5) is 5.69 Å². The van der Waals surface area contributed by atoms with Gasteiger partial charge in [0.25, 0.3) is 0 Å². The van der Waals surface area contributed by atoms with Gasteiger partial charge in [-0.15, -0.1) is 0 Å². The van der Waals surface area contributed by atoms with Crippen LogP contribution in [0, 0.1) is 0 Å². The number of hydrogen-bond acceptors (Lipinski definition) is 1. The molecule has 1 nitrogen and oxygen atoms in total. The molecule has 0 aliphatic heterocycles. The van der Waals surface area contributed by atoms with Crippen LogP contribution in [-0.2, 0) is 0 Å². The number of nitrogen functional groups attached to an aromatic ring is 1. The molecule has 0 unspecified atom stereocenters. The van der Waals surface area contributed by atoms with E-state index < -0.39 is 0 Å². The Morgan fingerprint density at radius 2 is 1.41 bits per heavy atom. The highest BCUT2D eigenvalue weighted by molar-refractivity contribution is 5.98. The van der Waals surface area contributed by atoms with Gasteiger partial charge in [-0.05, 0) is 34.0 Å². The second kappa shape index (κ2) is 3.95. The summed E-state index contributed by atoms with van der Waals surface area (Å²) in [5.41, 5.74) is 9.17. The monoisotopic (exact) mass is 219 g/mol. The number of rotatable bonds is 1. The first-order valence-corrected chi connectivity index (χ1v) is 5.68. The Balaban J connectivity index is 2.36. The fourth-order valence-electron chi connectivity index (χ4n) is 2.19. The SMILES string of the molecule is Nc1cc(-c2ccccc2)c2ccccc2c1. The lowest BCUT2D eigenvalue weighted by Gasteiger charge is -2.08. The van der Waals surface area contributed by atoms with E-state index in [1.165, 1.54) is 21.9 Å². The average Bonchev–Trinajstić information content (AvgIpc) is 2.39. The van der Waals surface area contributed by atoms with Crippen LogP contribution in [0.2, 0.25) is 0 Å². The number of anilines is 1. The highest BCUT2D eigenvalue weighted by Gasteiger charge is 2.04. The number of nitrogens with two attached hydrogens (primary N) is 1. The molecule has 0 saturated heterocycles. The zero-order valence-electron chi connectivity index (χ0n) is 9.43. The van der Waals surface area contributed by atoms with Gasteiger partial charge in [0.1, 0.15) is 0 Å². The summed E-state index contributed by atoms with van der Waals surface area (Å²) in [5.74, 6) is 0. The van der Waals surface area contributed by atoms with E-state index in [9.17, 15) is 0 Å². The van der Waals surface area contributed by atoms with Crippen LogP contribution in [0.1, 0.15) is 0 Å². The molecule has 3 rings (SSSR count). The van der Waals surface area contributed by atoms with Crippen LogP contribution < -0.4 is 5.73 Å². The minimum atomic E-state index is 0.808. The normalized spacial score (nSPS) is 10.6. The molecule has 3 aromatic rings. The lowest BCUT2D eigenvalue weighted by Crippen LogP contribution is -1.88. The van der Waals surface area contributed by atoms with E-state index in [-0.39, 0.29) is 0 Å². The molecule has 0 spiro atoms. The second-order valence-electron chi connectivity index (χ2n) is 4.16. The van der Waals surface area contributed by atoms with Crippen molar-refractivity contribution in [2.24, 2.45) is 0 Å². The maximum Gasteiger partial charge on any atom is 0.0326 e. The maximum absolute atomic E-state index is 5.96. The molecule has 0 aromatic heterocycles. The molecular formula is C16H13N. The Bertz CT molecular complexity index is 657. The highest BCUT2D eigenvalue weighted by Crippen LogP contribution is 2.30. The first-order valence-electron chi connectivity index (χ1n) is 5.68. The van der Waals surface area contributed by atoms with Crippen molar-refractivity contribution in [1.29, 1.82) is 0 Å². The summed E-state index contributed by atoms with van der Waals surface area (Å²) < 4.78 is 0. The minimum absolute atomic E-state index is 0.808. The largest absolute Gasteiger partial charge is 0.399 e. The minimum Gasteiger partial charge on any atom is -0.399 e. The van der Waals surface area contributed by atoms with E-state index in [0.717, 1.165) is 5.69 Å². The smallest absolute Gasteiger partial charge is 0.0326 e. The number of hydrogen-bond donors (Lipinski definition) is 1. The van der Waals surface area contributed by atoms with Gasteiger partial charge in [0.15, 0.2) is 0 Å². The van der Waals surface area contributed by atoms with Crippen LogP contribution in [0.25, 0.3) is 21.9 Å². The second-order valence-corrected chi connectivity index (χ2v) is 4.16. The summed E-state index contributed by atoms with van der Waals surface area (Å²) >= 11 is 0. The molecule has 0 fully saturated rings. The lowest BCUT2D eigenvalue weighted by atomic mass is 9.97. The average molecular weight is 219 g/mol. The maximum atomic E-state index is 5.96. The van der Waals surface area contributed by atoms with Gasteiger partial charge in [-0.1, -0.05) is 54.6 Å². The molecule has 0 saturated carbocycles. The van der Waals surface area contributed by atoms with Crippen molar-refractivity contribution in [2.45, 2.75) is 0 Å². The quantitative estimate of drug-likeness (QED) is 0.613. The van der Waals surface area contributed by atoms with Crippen molar-refractivity contribution in [3.05, 3.63) is 66.7 Å². The Morgan fingerprint density at radius 1 is 0.706 bits per heavy atom. The molecule has 1 heteroatoms. The number of benzene rings is 3. The van der Waals surface area contributed by atoms with Gasteiger partial charge in [0, 0.05) is 5.69 Å². The molecular weight excluding hydrogens is 206 g/mol. The topological polar surface area (TPSA) is 26.0 Å². The molecule has 3 aromatic carbocycles. The molecule has 17 heavy (non-hydrogen) atoms. The fourth-order valence-corrected chi connectivity index (χ4v) is 2.19. The van der Waals surface area contributed by atoms with E-state index in [4.69, 9.17) is 5.73 Å². The van der Waals surface area contributed by atoms with Gasteiger partial charge in [-0.3, -0.25) is 0 Å². The fraction of sp³-hybridized carbons (Fsp3) is 0. The first-order chi connectivity index (χ1) is 8.34. The summed E-state index contributed by atoms with van der Waals surface area (Å²) in [6.07, 6.45) is 0. The molecule has 2 N–H and O–H groups in total. The Kier molecular flexibility index (Phi) is 2.30. The summed E-state index contributed by atoms with van der Waals surface area (Å²) in [6, 6.07) is 22.7. The predicted octanol–water partition coefficient (Wildman–Crippen LogP) is 4.09. The van der Waals surface area contributed by atoms with Gasteiger partial charge in [-0.25, -0.2) is 0 Å². The highest BCUT2D eigenvalue weighted by atomic mass is 14.5. The van der Waals surface area contributed by atoms with E-state index >= 15 is 0 Å². The summed E-state index contributed by atoms with van der Waals surface area (Å²) in [4.78, 5) is 0. The van der Waals surface area contributed by atoms with Crippen molar-refractivity contribution in [3.8, 4) is 11.1 Å². The number of fused-ring (bicyclic) bond motifs is 1. The third-order valence-corrected chi connectivity index (χ3v) is 2.97. The van der Waals surface area contributed by atoms with Crippen LogP contribution >= 0.6 is 0 Å². The van der Waals surface area contributed by atoms with Crippen molar-refractivity contribution < 1.29 is 0 Å². The van der Waals surface area contributed by atoms with Crippen LogP contribution in [0.15, 0.2) is 66.7 Å². The standard InChI is InChI=1S/C16H13N/c17-14-10-13-8-4-5-9-15(13)16(11-14)12-6-2-1-3-7-12/h1-11H,17H2. The van der Waals surface area contributed by atoms with E-state index in [0.29, 0.717) is 0 Å². The van der Waals surface area contributed by atoms with Gasteiger partial charge in [0.05, 0.1) is 0 Å². The Labute approximate surface area is 101 Å². The van der Waals surface area contributed by atoms with Crippen LogP contribution in [0.3, 0.4) is 0 Å². The summed E-state index contributed by atoms with van der Waals surface area (Å²) in [7, 11) is 0. The van der Waals surface area contributed by atoms with Crippen molar-refractivity contribution >= 4 is 16.5 Å². The zero-order chi connectivity index (χ0) is 11.7. The molecule has 0 aliphatic carbocycles.